The normalized spacial score (nSPS) is 16.1. The van der Waals surface area contributed by atoms with Crippen LogP contribution in [0.25, 0.3) is 0 Å². The molecule has 1 aliphatic heterocycles. The first-order chi connectivity index (χ1) is 12.5. The van der Waals surface area contributed by atoms with Crippen LogP contribution < -0.4 is 16.0 Å². The van der Waals surface area contributed by atoms with Crippen molar-refractivity contribution in [3.05, 3.63) is 35.4 Å². The van der Waals surface area contributed by atoms with Crippen molar-refractivity contribution in [3.63, 3.8) is 0 Å². The predicted octanol–water partition coefficient (Wildman–Crippen LogP) is 1.26. The van der Waals surface area contributed by atoms with Crippen LogP contribution >= 0.6 is 0 Å². The number of carboxylic acid groups (broad SMARTS) is 1. The fraction of sp³-hybridized carbons (Fsp3) is 0.500. The van der Waals surface area contributed by atoms with E-state index in [-0.39, 0.29) is 31.0 Å². The summed E-state index contributed by atoms with van der Waals surface area (Å²) in [6.07, 6.45) is 2.48. The molecule has 0 aromatic heterocycles. The van der Waals surface area contributed by atoms with Gasteiger partial charge in [-0.05, 0) is 37.0 Å². The van der Waals surface area contributed by atoms with Gasteiger partial charge in [-0.2, -0.15) is 0 Å². The highest BCUT2D eigenvalue weighted by Gasteiger charge is 2.16. The molecule has 0 spiro atoms. The summed E-state index contributed by atoms with van der Waals surface area (Å²) >= 11 is 0. The molecule has 2 rings (SSSR count). The fourth-order valence-electron chi connectivity index (χ4n) is 2.62. The molecule has 3 amide bonds. The molecule has 4 N–H and O–H groups in total. The average molecular weight is 363 g/mol. The number of nitrogens with one attached hydrogen (secondary N) is 3. The number of carbonyl (C=O) groups excluding carboxylic acids is 2. The summed E-state index contributed by atoms with van der Waals surface area (Å²) in [6, 6.07) is 6.67. The first-order valence-electron chi connectivity index (χ1n) is 8.77. The summed E-state index contributed by atoms with van der Waals surface area (Å²) in [4.78, 5) is 34.3. The van der Waals surface area contributed by atoms with Gasteiger partial charge in [0.05, 0.1) is 6.10 Å². The summed E-state index contributed by atoms with van der Waals surface area (Å²) in [7, 11) is 0. The molecule has 1 saturated heterocycles. The van der Waals surface area contributed by atoms with E-state index in [0.29, 0.717) is 25.1 Å². The van der Waals surface area contributed by atoms with Crippen molar-refractivity contribution in [2.24, 2.45) is 0 Å². The van der Waals surface area contributed by atoms with E-state index >= 15 is 0 Å². The zero-order valence-electron chi connectivity index (χ0n) is 14.6. The van der Waals surface area contributed by atoms with Gasteiger partial charge in [0.15, 0.2) is 0 Å². The van der Waals surface area contributed by atoms with Gasteiger partial charge in [0.25, 0.3) is 5.91 Å². The van der Waals surface area contributed by atoms with Crippen LogP contribution in [0.3, 0.4) is 0 Å². The second kappa shape index (κ2) is 10.4. The van der Waals surface area contributed by atoms with E-state index in [1.165, 1.54) is 0 Å². The summed E-state index contributed by atoms with van der Waals surface area (Å²) in [5.41, 5.74) is 1.33. The molecule has 1 unspecified atom stereocenters. The largest absolute Gasteiger partial charge is 0.481 e. The van der Waals surface area contributed by atoms with Crippen LogP contribution in [0.4, 0.5) is 4.79 Å². The van der Waals surface area contributed by atoms with Gasteiger partial charge in [-0.15, -0.1) is 0 Å². The Morgan fingerprint density at radius 1 is 1.19 bits per heavy atom. The molecule has 0 radical (unpaired) electrons. The third-order valence-electron chi connectivity index (χ3n) is 4.01. The zero-order valence-corrected chi connectivity index (χ0v) is 14.6. The zero-order chi connectivity index (χ0) is 18.8. The number of benzene rings is 1. The Morgan fingerprint density at radius 3 is 2.77 bits per heavy atom. The summed E-state index contributed by atoms with van der Waals surface area (Å²) < 4.78 is 5.48. The van der Waals surface area contributed by atoms with Crippen LogP contribution in [0.5, 0.6) is 0 Å². The highest BCUT2D eigenvalue weighted by molar-refractivity contribution is 5.94. The molecule has 0 saturated carbocycles. The van der Waals surface area contributed by atoms with Crippen LogP contribution in [-0.4, -0.2) is 48.8 Å². The van der Waals surface area contributed by atoms with Crippen LogP contribution in [-0.2, 0) is 16.1 Å². The van der Waals surface area contributed by atoms with Crippen LogP contribution in [0, 0.1) is 0 Å². The number of hydrogen-bond acceptors (Lipinski definition) is 4. The molecule has 26 heavy (non-hydrogen) atoms. The molecule has 1 fully saturated rings. The third-order valence-corrected chi connectivity index (χ3v) is 4.01. The number of hydrogen-bond donors (Lipinski definition) is 4. The Morgan fingerprint density at radius 2 is 2.04 bits per heavy atom. The van der Waals surface area contributed by atoms with Gasteiger partial charge >= 0.3 is 12.0 Å². The SMILES string of the molecule is O=C(O)CCCNC(=O)NCc1cccc(C(=O)NCC2CCCO2)c1. The van der Waals surface area contributed by atoms with E-state index < -0.39 is 5.97 Å². The molecular formula is C18H25N3O5. The first kappa shape index (κ1) is 19.7. The molecule has 1 aromatic carbocycles. The minimum atomic E-state index is -0.887. The van der Waals surface area contributed by atoms with Crippen molar-refractivity contribution in [1.29, 1.82) is 0 Å². The number of carboxylic acids is 1. The van der Waals surface area contributed by atoms with E-state index in [1.54, 1.807) is 18.2 Å². The third kappa shape index (κ3) is 7.10. The lowest BCUT2D eigenvalue weighted by molar-refractivity contribution is -0.137. The Kier molecular flexibility index (Phi) is 7.88. The van der Waals surface area contributed by atoms with E-state index in [4.69, 9.17) is 9.84 Å². The van der Waals surface area contributed by atoms with Gasteiger partial charge in [-0.3, -0.25) is 9.59 Å². The van der Waals surface area contributed by atoms with Crippen molar-refractivity contribution < 1.29 is 24.2 Å². The summed E-state index contributed by atoms with van der Waals surface area (Å²) in [6.45, 7) is 1.82. The monoisotopic (exact) mass is 363 g/mol. The lowest BCUT2D eigenvalue weighted by Gasteiger charge is -2.12. The minimum absolute atomic E-state index is 0.0172. The van der Waals surface area contributed by atoms with Crippen molar-refractivity contribution >= 4 is 17.9 Å². The molecule has 0 bridgehead atoms. The maximum absolute atomic E-state index is 12.2. The second-order valence-corrected chi connectivity index (χ2v) is 6.15. The fourth-order valence-corrected chi connectivity index (χ4v) is 2.62. The number of ether oxygens (including phenoxy) is 1. The Hall–Kier alpha value is -2.61. The molecule has 0 aliphatic carbocycles. The van der Waals surface area contributed by atoms with Gasteiger partial charge in [0, 0.05) is 38.2 Å². The lowest BCUT2D eigenvalue weighted by Crippen LogP contribution is -2.35. The predicted molar refractivity (Wildman–Crippen MR) is 94.9 cm³/mol. The van der Waals surface area contributed by atoms with Crippen LogP contribution in [0.2, 0.25) is 0 Å². The molecule has 1 aliphatic rings. The number of aliphatic carboxylic acids is 1. The average Bonchev–Trinajstić information content (AvgIpc) is 3.15. The Balaban J connectivity index is 1.72. The maximum Gasteiger partial charge on any atom is 0.315 e. The molecule has 1 aromatic rings. The highest BCUT2D eigenvalue weighted by atomic mass is 16.5. The second-order valence-electron chi connectivity index (χ2n) is 6.15. The van der Waals surface area contributed by atoms with Crippen molar-refractivity contribution in [2.75, 3.05) is 19.7 Å². The molecule has 8 heteroatoms. The van der Waals surface area contributed by atoms with Gasteiger partial charge in [0.1, 0.15) is 0 Å². The topological polar surface area (TPSA) is 117 Å². The molecule has 8 nitrogen and oxygen atoms in total. The van der Waals surface area contributed by atoms with Gasteiger partial charge in [-0.25, -0.2) is 4.79 Å². The van der Waals surface area contributed by atoms with Crippen molar-refractivity contribution in [2.45, 2.75) is 38.3 Å². The molecule has 1 atom stereocenters. The Bertz CT molecular complexity index is 629. The quantitative estimate of drug-likeness (QED) is 0.493. The lowest BCUT2D eigenvalue weighted by atomic mass is 10.1. The first-order valence-corrected chi connectivity index (χ1v) is 8.77. The minimum Gasteiger partial charge on any atom is -0.481 e. The van der Waals surface area contributed by atoms with E-state index in [9.17, 15) is 14.4 Å². The van der Waals surface area contributed by atoms with E-state index in [0.717, 1.165) is 25.0 Å². The molecular weight excluding hydrogens is 338 g/mol. The van der Waals surface area contributed by atoms with Gasteiger partial charge in [-0.1, -0.05) is 12.1 Å². The number of carbonyl (C=O) groups is 3. The van der Waals surface area contributed by atoms with Crippen LogP contribution in [0.15, 0.2) is 24.3 Å². The van der Waals surface area contributed by atoms with Gasteiger partial charge in [0.2, 0.25) is 0 Å². The van der Waals surface area contributed by atoms with Gasteiger partial charge < -0.3 is 25.8 Å². The van der Waals surface area contributed by atoms with Crippen molar-refractivity contribution in [3.8, 4) is 0 Å². The molecule has 142 valence electrons. The Labute approximate surface area is 152 Å². The van der Waals surface area contributed by atoms with E-state index in [2.05, 4.69) is 16.0 Å². The number of rotatable bonds is 9. The van der Waals surface area contributed by atoms with Crippen LogP contribution in [0.1, 0.15) is 41.6 Å². The van der Waals surface area contributed by atoms with Crippen molar-refractivity contribution in [1.82, 2.24) is 16.0 Å². The summed E-state index contributed by atoms with van der Waals surface area (Å²) in [5, 5.41) is 16.7. The number of amides is 3. The smallest absolute Gasteiger partial charge is 0.315 e. The summed E-state index contributed by atoms with van der Waals surface area (Å²) in [5.74, 6) is -1.05. The van der Waals surface area contributed by atoms with E-state index in [1.807, 2.05) is 6.07 Å². The maximum atomic E-state index is 12.2. The number of urea groups is 1. The highest BCUT2D eigenvalue weighted by Crippen LogP contribution is 2.11. The standard InChI is InChI=1S/C18H25N3O5/c22-16(23)7-2-8-19-18(25)21-11-13-4-1-5-14(10-13)17(24)20-12-15-6-3-9-26-15/h1,4-5,10,15H,2-3,6-9,11-12H2,(H,20,24)(H,22,23)(H2,19,21,25). The molecule has 1 heterocycles.